The molecule has 1 heterocycles. The molecule has 6 nitrogen and oxygen atoms in total. The molecule has 1 aromatic heterocycles. The SMILES string of the molecule is CC(Nc1cc(NN)nc(N)n1)C1CC1. The van der Waals surface area contributed by atoms with Gasteiger partial charge < -0.3 is 16.5 Å². The van der Waals surface area contributed by atoms with Crippen molar-refractivity contribution >= 4 is 17.6 Å². The van der Waals surface area contributed by atoms with Gasteiger partial charge in [0.05, 0.1) is 0 Å². The van der Waals surface area contributed by atoms with E-state index >= 15 is 0 Å². The van der Waals surface area contributed by atoms with Crippen LogP contribution in [-0.4, -0.2) is 16.0 Å². The minimum absolute atomic E-state index is 0.218. The Morgan fingerprint density at radius 2 is 2.07 bits per heavy atom. The summed E-state index contributed by atoms with van der Waals surface area (Å²) in [6.45, 7) is 2.14. The molecule has 6 N–H and O–H groups in total. The molecule has 0 aliphatic heterocycles. The summed E-state index contributed by atoms with van der Waals surface area (Å²) < 4.78 is 0. The molecule has 1 atom stereocenters. The van der Waals surface area contributed by atoms with Crippen molar-refractivity contribution in [2.45, 2.75) is 25.8 Å². The van der Waals surface area contributed by atoms with E-state index in [-0.39, 0.29) is 5.95 Å². The zero-order chi connectivity index (χ0) is 10.8. The highest BCUT2D eigenvalue weighted by Gasteiger charge is 2.28. The minimum atomic E-state index is 0.218. The molecule has 1 aliphatic rings. The molecule has 1 unspecified atom stereocenters. The Morgan fingerprint density at radius 1 is 1.40 bits per heavy atom. The highest BCUT2D eigenvalue weighted by Crippen LogP contribution is 2.33. The molecular formula is C9H16N6. The molecule has 0 amide bonds. The second-order valence-electron chi connectivity index (χ2n) is 3.91. The van der Waals surface area contributed by atoms with Gasteiger partial charge in [-0.05, 0) is 25.7 Å². The van der Waals surface area contributed by atoms with Crippen LogP contribution in [0.25, 0.3) is 0 Å². The van der Waals surface area contributed by atoms with Crippen LogP contribution in [0.2, 0.25) is 0 Å². The zero-order valence-corrected chi connectivity index (χ0v) is 8.70. The predicted octanol–water partition coefficient (Wildman–Crippen LogP) is 0.555. The van der Waals surface area contributed by atoms with Crippen molar-refractivity contribution in [3.05, 3.63) is 6.07 Å². The van der Waals surface area contributed by atoms with Crippen LogP contribution in [0.5, 0.6) is 0 Å². The Hall–Kier alpha value is -1.56. The number of hydrogen-bond donors (Lipinski definition) is 4. The minimum Gasteiger partial charge on any atom is -0.368 e. The zero-order valence-electron chi connectivity index (χ0n) is 8.70. The second kappa shape index (κ2) is 3.90. The molecule has 0 aromatic carbocycles. The summed E-state index contributed by atoms with van der Waals surface area (Å²) >= 11 is 0. The van der Waals surface area contributed by atoms with E-state index in [0.29, 0.717) is 11.9 Å². The fraction of sp³-hybridized carbons (Fsp3) is 0.556. The van der Waals surface area contributed by atoms with Gasteiger partial charge in [0.1, 0.15) is 11.6 Å². The van der Waals surface area contributed by atoms with Crippen molar-refractivity contribution in [1.29, 1.82) is 0 Å². The summed E-state index contributed by atoms with van der Waals surface area (Å²) in [6, 6.07) is 2.17. The summed E-state index contributed by atoms with van der Waals surface area (Å²) in [6.07, 6.45) is 2.58. The van der Waals surface area contributed by atoms with Crippen LogP contribution >= 0.6 is 0 Å². The fourth-order valence-corrected chi connectivity index (χ4v) is 1.56. The molecule has 1 saturated carbocycles. The van der Waals surface area contributed by atoms with E-state index < -0.39 is 0 Å². The van der Waals surface area contributed by atoms with Crippen molar-refractivity contribution in [2.75, 3.05) is 16.5 Å². The van der Waals surface area contributed by atoms with Crippen molar-refractivity contribution < 1.29 is 0 Å². The Kier molecular flexibility index (Phi) is 2.59. The molecule has 2 rings (SSSR count). The normalized spacial score (nSPS) is 17.2. The first kappa shape index (κ1) is 9.97. The van der Waals surface area contributed by atoms with Crippen LogP contribution in [0.3, 0.4) is 0 Å². The summed E-state index contributed by atoms with van der Waals surface area (Å²) in [7, 11) is 0. The lowest BCUT2D eigenvalue weighted by Gasteiger charge is -2.14. The molecule has 6 heteroatoms. The number of nitrogen functional groups attached to an aromatic ring is 2. The second-order valence-corrected chi connectivity index (χ2v) is 3.91. The number of nitrogens with two attached hydrogens (primary N) is 2. The van der Waals surface area contributed by atoms with Gasteiger partial charge in [-0.25, -0.2) is 5.84 Å². The van der Waals surface area contributed by atoms with Crippen LogP contribution in [0.1, 0.15) is 19.8 Å². The lowest BCUT2D eigenvalue weighted by Crippen LogP contribution is -2.19. The average molecular weight is 208 g/mol. The Labute approximate surface area is 88.4 Å². The highest BCUT2D eigenvalue weighted by atomic mass is 15.3. The van der Waals surface area contributed by atoms with Gasteiger partial charge in [0.25, 0.3) is 0 Å². The summed E-state index contributed by atoms with van der Waals surface area (Å²) in [5, 5.41) is 3.29. The molecule has 0 radical (unpaired) electrons. The standard InChI is InChI=1S/C9H16N6/c1-5(6-2-3-6)12-7-4-8(15-11)14-9(10)13-7/h4-6H,2-3,11H2,1H3,(H4,10,12,13,14,15). The van der Waals surface area contributed by atoms with E-state index in [9.17, 15) is 0 Å². The number of nitrogens with zero attached hydrogens (tertiary/aromatic N) is 2. The molecule has 0 bridgehead atoms. The summed E-state index contributed by atoms with van der Waals surface area (Å²) in [4.78, 5) is 8.00. The van der Waals surface area contributed by atoms with Crippen LogP contribution in [-0.2, 0) is 0 Å². The van der Waals surface area contributed by atoms with Gasteiger partial charge in [0.15, 0.2) is 0 Å². The topological polar surface area (TPSA) is 102 Å². The van der Waals surface area contributed by atoms with Gasteiger partial charge in [0.2, 0.25) is 5.95 Å². The largest absolute Gasteiger partial charge is 0.368 e. The van der Waals surface area contributed by atoms with Gasteiger partial charge in [0, 0.05) is 12.1 Å². The van der Waals surface area contributed by atoms with Crippen LogP contribution in [0.15, 0.2) is 6.07 Å². The Morgan fingerprint density at radius 3 is 2.67 bits per heavy atom. The van der Waals surface area contributed by atoms with E-state index in [4.69, 9.17) is 11.6 Å². The maximum Gasteiger partial charge on any atom is 0.223 e. The number of anilines is 3. The van der Waals surface area contributed by atoms with Gasteiger partial charge in [-0.2, -0.15) is 9.97 Å². The Balaban J connectivity index is 2.08. The number of rotatable bonds is 4. The number of nitrogens with one attached hydrogen (secondary N) is 2. The predicted molar refractivity (Wildman–Crippen MR) is 60.1 cm³/mol. The smallest absolute Gasteiger partial charge is 0.223 e. The lowest BCUT2D eigenvalue weighted by atomic mass is 10.2. The first-order chi connectivity index (χ1) is 7.19. The molecule has 0 spiro atoms. The van der Waals surface area contributed by atoms with E-state index in [2.05, 4.69) is 27.6 Å². The van der Waals surface area contributed by atoms with Crippen LogP contribution in [0.4, 0.5) is 17.6 Å². The van der Waals surface area contributed by atoms with Crippen molar-refractivity contribution in [3.8, 4) is 0 Å². The Bertz CT molecular complexity index is 348. The maximum atomic E-state index is 5.54. The van der Waals surface area contributed by atoms with Gasteiger partial charge in [-0.1, -0.05) is 0 Å². The van der Waals surface area contributed by atoms with E-state index in [1.54, 1.807) is 6.07 Å². The first-order valence-corrected chi connectivity index (χ1v) is 5.06. The maximum absolute atomic E-state index is 5.54. The monoisotopic (exact) mass is 208 g/mol. The third kappa shape index (κ3) is 2.47. The number of hydrogen-bond acceptors (Lipinski definition) is 6. The van der Waals surface area contributed by atoms with Crippen LogP contribution < -0.4 is 22.3 Å². The summed E-state index contributed by atoms with van der Waals surface area (Å²) in [5.74, 6) is 7.48. The molecule has 1 aliphatic carbocycles. The number of aromatic nitrogens is 2. The third-order valence-corrected chi connectivity index (χ3v) is 2.60. The number of hydrazine groups is 1. The molecule has 0 saturated heterocycles. The molecule has 1 aromatic rings. The van der Waals surface area contributed by atoms with E-state index in [1.807, 2.05) is 0 Å². The molecule has 1 fully saturated rings. The highest BCUT2D eigenvalue weighted by molar-refractivity contribution is 5.50. The fourth-order valence-electron chi connectivity index (χ4n) is 1.56. The van der Waals surface area contributed by atoms with E-state index in [0.717, 1.165) is 11.7 Å². The lowest BCUT2D eigenvalue weighted by molar-refractivity contribution is 0.690. The van der Waals surface area contributed by atoms with Gasteiger partial charge in [-0.3, -0.25) is 0 Å². The van der Waals surface area contributed by atoms with Crippen molar-refractivity contribution in [3.63, 3.8) is 0 Å². The summed E-state index contributed by atoms with van der Waals surface area (Å²) in [5.41, 5.74) is 8.00. The van der Waals surface area contributed by atoms with Gasteiger partial charge in [-0.15, -0.1) is 0 Å². The van der Waals surface area contributed by atoms with Crippen molar-refractivity contribution in [2.24, 2.45) is 11.8 Å². The molecule has 82 valence electrons. The molecule has 15 heavy (non-hydrogen) atoms. The van der Waals surface area contributed by atoms with Crippen molar-refractivity contribution in [1.82, 2.24) is 9.97 Å². The van der Waals surface area contributed by atoms with E-state index in [1.165, 1.54) is 12.8 Å². The third-order valence-electron chi connectivity index (χ3n) is 2.60. The first-order valence-electron chi connectivity index (χ1n) is 5.06. The molecular weight excluding hydrogens is 192 g/mol. The van der Waals surface area contributed by atoms with Gasteiger partial charge >= 0.3 is 0 Å². The van der Waals surface area contributed by atoms with Crippen LogP contribution in [0, 0.1) is 5.92 Å². The average Bonchev–Trinajstić information content (AvgIpc) is 2.99. The quantitative estimate of drug-likeness (QED) is 0.426.